The van der Waals surface area contributed by atoms with Crippen LogP contribution in [0.2, 0.25) is 0 Å². The number of fused-ring (bicyclic) bond motifs is 7. The summed E-state index contributed by atoms with van der Waals surface area (Å²) in [5.74, 6) is 1.86. The maximum absolute atomic E-state index is 5.28. The first kappa shape index (κ1) is 28.4. The molecule has 5 nitrogen and oxygen atoms in total. The lowest BCUT2D eigenvalue weighted by molar-refractivity contribution is 0.648. The van der Waals surface area contributed by atoms with Crippen molar-refractivity contribution in [2.75, 3.05) is 0 Å². The minimum atomic E-state index is 0.177. The summed E-state index contributed by atoms with van der Waals surface area (Å²) in [6.45, 7) is 0. The Morgan fingerprint density at radius 3 is 1.66 bits per heavy atom. The van der Waals surface area contributed by atoms with Gasteiger partial charge in [-0.2, -0.15) is 9.97 Å². The van der Waals surface area contributed by atoms with Crippen molar-refractivity contribution in [3.63, 3.8) is 0 Å². The van der Waals surface area contributed by atoms with Gasteiger partial charge >= 0.3 is 0 Å². The van der Waals surface area contributed by atoms with E-state index in [-0.39, 0.29) is 6.04 Å². The van der Waals surface area contributed by atoms with Gasteiger partial charge in [0.25, 0.3) is 0 Å². The van der Waals surface area contributed by atoms with Gasteiger partial charge in [0, 0.05) is 38.2 Å². The zero-order valence-electron chi connectivity index (χ0n) is 27.2. The monoisotopic (exact) mass is 641 g/mol. The SMILES string of the molecule is C1=CCC(n2c3ccccc3c3ccc4c5ccccc5n(-c5nc(-c6ccccc6)nc(-c6ccc(-c7ccccc7)cc6)n5)c4c32)C=C1. The molecule has 9 aromatic rings. The second-order valence-corrected chi connectivity index (χ2v) is 12.8. The smallest absolute Gasteiger partial charge is 0.238 e. The predicted molar refractivity (Wildman–Crippen MR) is 205 cm³/mol. The van der Waals surface area contributed by atoms with Gasteiger partial charge in [-0.05, 0) is 29.7 Å². The third-order valence-electron chi connectivity index (χ3n) is 9.90. The Labute approximate surface area is 289 Å². The third-order valence-corrected chi connectivity index (χ3v) is 9.90. The van der Waals surface area contributed by atoms with Crippen LogP contribution in [0, 0.1) is 0 Å². The molecular formula is C45H31N5. The van der Waals surface area contributed by atoms with Gasteiger partial charge in [-0.15, -0.1) is 0 Å². The van der Waals surface area contributed by atoms with E-state index in [2.05, 4.69) is 155 Å². The first-order chi connectivity index (χ1) is 24.8. The Morgan fingerprint density at radius 2 is 0.980 bits per heavy atom. The van der Waals surface area contributed by atoms with Crippen molar-refractivity contribution in [1.82, 2.24) is 24.1 Å². The molecule has 0 saturated heterocycles. The normalized spacial score (nSPS) is 14.4. The second kappa shape index (κ2) is 11.5. The Hall–Kier alpha value is -6.59. The molecule has 0 radical (unpaired) electrons. The number of para-hydroxylation sites is 2. The molecule has 0 amide bonds. The molecule has 1 atom stereocenters. The van der Waals surface area contributed by atoms with E-state index in [0.29, 0.717) is 17.6 Å². The molecule has 1 aliphatic rings. The van der Waals surface area contributed by atoms with Crippen LogP contribution < -0.4 is 0 Å². The van der Waals surface area contributed by atoms with Gasteiger partial charge in [-0.3, -0.25) is 4.57 Å². The predicted octanol–water partition coefficient (Wildman–Crippen LogP) is 11.1. The number of benzene rings is 6. The highest BCUT2D eigenvalue weighted by atomic mass is 15.2. The third kappa shape index (κ3) is 4.51. The van der Waals surface area contributed by atoms with E-state index in [9.17, 15) is 0 Å². The van der Waals surface area contributed by atoms with Crippen molar-refractivity contribution in [3.05, 3.63) is 170 Å². The van der Waals surface area contributed by atoms with Crippen LogP contribution in [0.5, 0.6) is 0 Å². The zero-order valence-corrected chi connectivity index (χ0v) is 27.2. The van der Waals surface area contributed by atoms with Gasteiger partial charge in [0.2, 0.25) is 5.95 Å². The average Bonchev–Trinajstić information content (AvgIpc) is 3.72. The molecule has 1 unspecified atom stereocenters. The Bertz CT molecular complexity index is 2770. The number of hydrogen-bond acceptors (Lipinski definition) is 3. The molecule has 0 saturated carbocycles. The van der Waals surface area contributed by atoms with E-state index in [4.69, 9.17) is 15.0 Å². The van der Waals surface area contributed by atoms with Gasteiger partial charge in [0.1, 0.15) is 0 Å². The number of hydrogen-bond donors (Lipinski definition) is 0. The van der Waals surface area contributed by atoms with Crippen LogP contribution in [0.3, 0.4) is 0 Å². The van der Waals surface area contributed by atoms with Gasteiger partial charge in [-0.25, -0.2) is 4.98 Å². The zero-order chi connectivity index (χ0) is 33.0. The van der Waals surface area contributed by atoms with Gasteiger partial charge < -0.3 is 4.57 Å². The van der Waals surface area contributed by atoms with Crippen LogP contribution in [0.4, 0.5) is 0 Å². The highest BCUT2D eigenvalue weighted by Gasteiger charge is 2.24. The number of rotatable bonds is 5. The number of aromatic nitrogens is 5. The van der Waals surface area contributed by atoms with Crippen LogP contribution in [0.1, 0.15) is 12.5 Å². The fourth-order valence-electron chi connectivity index (χ4n) is 7.60. The minimum Gasteiger partial charge on any atom is -0.331 e. The molecule has 50 heavy (non-hydrogen) atoms. The second-order valence-electron chi connectivity index (χ2n) is 12.8. The standard InChI is InChI=1S/C45H31N5/c1-4-14-30(15-5-1)31-24-26-33(27-25-31)44-46-43(32-16-6-2-7-17-32)47-45(48-44)50-40-23-13-11-21-36(40)38-29-28-37-35-20-10-12-22-39(35)49(41(37)42(38)50)34-18-8-3-9-19-34/h1-18,20-29,34H,19H2. The molecule has 236 valence electrons. The van der Waals surface area contributed by atoms with Crippen LogP contribution in [0.15, 0.2) is 170 Å². The topological polar surface area (TPSA) is 48.5 Å². The van der Waals surface area contributed by atoms with Crippen molar-refractivity contribution in [1.29, 1.82) is 0 Å². The quantitative estimate of drug-likeness (QED) is 0.188. The molecule has 1 aliphatic carbocycles. The molecule has 0 spiro atoms. The van der Waals surface area contributed by atoms with Gasteiger partial charge in [0.05, 0.1) is 22.6 Å². The first-order valence-corrected chi connectivity index (χ1v) is 17.1. The van der Waals surface area contributed by atoms with Crippen molar-refractivity contribution >= 4 is 43.6 Å². The van der Waals surface area contributed by atoms with E-state index in [0.717, 1.165) is 39.5 Å². The van der Waals surface area contributed by atoms with Gasteiger partial charge in [0.15, 0.2) is 11.6 Å². The number of allylic oxidation sites excluding steroid dienone is 4. The maximum atomic E-state index is 5.28. The molecule has 6 aromatic carbocycles. The fraction of sp³-hybridized carbons (Fsp3) is 0.0444. The summed E-state index contributed by atoms with van der Waals surface area (Å²) in [4.78, 5) is 15.6. The summed E-state index contributed by atoms with van der Waals surface area (Å²) in [6.07, 6.45) is 9.80. The first-order valence-electron chi connectivity index (χ1n) is 17.1. The molecule has 0 N–H and O–H groups in total. The summed E-state index contributed by atoms with van der Waals surface area (Å²) >= 11 is 0. The summed E-state index contributed by atoms with van der Waals surface area (Å²) in [6, 6.07) is 51.2. The summed E-state index contributed by atoms with van der Waals surface area (Å²) in [5.41, 5.74) is 8.75. The highest BCUT2D eigenvalue weighted by molar-refractivity contribution is 6.23. The summed E-state index contributed by atoms with van der Waals surface area (Å²) < 4.78 is 4.78. The van der Waals surface area contributed by atoms with Crippen LogP contribution >= 0.6 is 0 Å². The highest BCUT2D eigenvalue weighted by Crippen LogP contribution is 2.42. The summed E-state index contributed by atoms with van der Waals surface area (Å²) in [5, 5.41) is 4.79. The molecule has 0 aliphatic heterocycles. The number of nitrogens with zero attached hydrogens (tertiary/aromatic N) is 5. The van der Waals surface area contributed by atoms with Crippen molar-refractivity contribution in [3.8, 4) is 39.9 Å². The molecule has 0 fully saturated rings. The Kier molecular flexibility index (Phi) is 6.56. The molecule has 5 heteroatoms. The van der Waals surface area contributed by atoms with E-state index < -0.39 is 0 Å². The lowest BCUT2D eigenvalue weighted by Crippen LogP contribution is -2.09. The lowest BCUT2D eigenvalue weighted by Gasteiger charge is -2.19. The Balaban J connectivity index is 1.29. The van der Waals surface area contributed by atoms with Crippen molar-refractivity contribution in [2.45, 2.75) is 12.5 Å². The van der Waals surface area contributed by atoms with Crippen LogP contribution in [-0.2, 0) is 0 Å². The molecule has 3 heterocycles. The molecular weight excluding hydrogens is 611 g/mol. The Morgan fingerprint density at radius 1 is 0.440 bits per heavy atom. The van der Waals surface area contributed by atoms with Gasteiger partial charge in [-0.1, -0.05) is 158 Å². The molecule has 3 aromatic heterocycles. The van der Waals surface area contributed by atoms with E-state index in [1.54, 1.807) is 0 Å². The fourth-order valence-corrected chi connectivity index (χ4v) is 7.60. The van der Waals surface area contributed by atoms with E-state index >= 15 is 0 Å². The largest absolute Gasteiger partial charge is 0.331 e. The van der Waals surface area contributed by atoms with Crippen molar-refractivity contribution < 1.29 is 0 Å². The summed E-state index contributed by atoms with van der Waals surface area (Å²) in [7, 11) is 0. The van der Waals surface area contributed by atoms with Crippen LogP contribution in [0.25, 0.3) is 83.5 Å². The van der Waals surface area contributed by atoms with E-state index in [1.165, 1.54) is 32.8 Å². The lowest BCUT2D eigenvalue weighted by atomic mass is 10.0. The average molecular weight is 642 g/mol. The van der Waals surface area contributed by atoms with E-state index in [1.807, 2.05) is 24.3 Å². The minimum absolute atomic E-state index is 0.177. The van der Waals surface area contributed by atoms with Crippen molar-refractivity contribution in [2.24, 2.45) is 0 Å². The molecule has 0 bridgehead atoms. The maximum Gasteiger partial charge on any atom is 0.238 e. The van der Waals surface area contributed by atoms with Crippen LogP contribution in [-0.4, -0.2) is 24.1 Å². The molecule has 10 rings (SSSR count).